The Kier molecular flexibility index (Phi) is 5.20. The van der Waals surface area contributed by atoms with Gasteiger partial charge in [0.2, 0.25) is 0 Å². The molecular formula is C16H21NO4. The molecule has 1 fully saturated rings. The fraction of sp³-hybridized carbons (Fsp3) is 0.500. The molecule has 2 rings (SSSR count). The van der Waals surface area contributed by atoms with Crippen molar-refractivity contribution in [3.8, 4) is 5.75 Å². The Labute approximate surface area is 124 Å². The van der Waals surface area contributed by atoms with Gasteiger partial charge in [-0.05, 0) is 43.9 Å². The predicted molar refractivity (Wildman–Crippen MR) is 78.3 cm³/mol. The van der Waals surface area contributed by atoms with Crippen LogP contribution in [0.2, 0.25) is 0 Å². The third kappa shape index (κ3) is 4.48. The quantitative estimate of drug-likeness (QED) is 0.902. The van der Waals surface area contributed by atoms with Crippen LogP contribution < -0.4 is 4.74 Å². The van der Waals surface area contributed by atoms with Gasteiger partial charge in [0, 0.05) is 13.1 Å². The van der Waals surface area contributed by atoms with Crippen molar-refractivity contribution < 1.29 is 19.4 Å². The van der Waals surface area contributed by atoms with Crippen LogP contribution in [0.15, 0.2) is 24.3 Å². The van der Waals surface area contributed by atoms with Gasteiger partial charge in [-0.3, -0.25) is 9.59 Å². The van der Waals surface area contributed by atoms with Gasteiger partial charge in [0.15, 0.2) is 6.10 Å². The Morgan fingerprint density at radius 2 is 1.81 bits per heavy atom. The van der Waals surface area contributed by atoms with Crippen molar-refractivity contribution in [3.63, 3.8) is 0 Å². The third-order valence-electron chi connectivity index (χ3n) is 3.61. The van der Waals surface area contributed by atoms with Crippen molar-refractivity contribution in [1.82, 2.24) is 4.90 Å². The summed E-state index contributed by atoms with van der Waals surface area (Å²) >= 11 is 0. The summed E-state index contributed by atoms with van der Waals surface area (Å²) in [7, 11) is 0. The molecule has 1 N–H and O–H groups in total. The Balaban J connectivity index is 1.90. The summed E-state index contributed by atoms with van der Waals surface area (Å²) in [6.07, 6.45) is 2.77. The average molecular weight is 291 g/mol. The lowest BCUT2D eigenvalue weighted by Gasteiger charge is -2.29. The number of piperidine rings is 1. The topological polar surface area (TPSA) is 66.8 Å². The molecule has 5 nitrogen and oxygen atoms in total. The average Bonchev–Trinajstić information content (AvgIpc) is 2.49. The van der Waals surface area contributed by atoms with Gasteiger partial charge < -0.3 is 14.7 Å². The molecule has 114 valence electrons. The van der Waals surface area contributed by atoms with Crippen LogP contribution in [0, 0.1) is 0 Å². The lowest BCUT2D eigenvalue weighted by Crippen LogP contribution is -2.43. The van der Waals surface area contributed by atoms with Gasteiger partial charge in [0.1, 0.15) is 5.75 Å². The van der Waals surface area contributed by atoms with Crippen LogP contribution in [-0.4, -0.2) is 41.1 Å². The number of carbonyl (C=O) groups excluding carboxylic acids is 1. The molecule has 1 amide bonds. The fourth-order valence-electron chi connectivity index (χ4n) is 2.49. The van der Waals surface area contributed by atoms with Crippen molar-refractivity contribution in [2.45, 2.75) is 38.7 Å². The summed E-state index contributed by atoms with van der Waals surface area (Å²) in [6, 6.07) is 6.83. The van der Waals surface area contributed by atoms with Crippen molar-refractivity contribution in [2.24, 2.45) is 0 Å². The second-order valence-electron chi connectivity index (χ2n) is 5.36. The lowest BCUT2D eigenvalue weighted by atomic mass is 10.1. The van der Waals surface area contributed by atoms with Gasteiger partial charge in [-0.1, -0.05) is 12.1 Å². The van der Waals surface area contributed by atoms with Gasteiger partial charge in [-0.25, -0.2) is 0 Å². The summed E-state index contributed by atoms with van der Waals surface area (Å²) < 4.78 is 5.65. The first kappa shape index (κ1) is 15.4. The highest BCUT2D eigenvalue weighted by Crippen LogP contribution is 2.16. The monoisotopic (exact) mass is 291 g/mol. The van der Waals surface area contributed by atoms with Gasteiger partial charge in [-0.2, -0.15) is 0 Å². The third-order valence-corrected chi connectivity index (χ3v) is 3.61. The van der Waals surface area contributed by atoms with Crippen LogP contribution in [0.5, 0.6) is 5.75 Å². The van der Waals surface area contributed by atoms with Crippen LogP contribution in [0.25, 0.3) is 0 Å². The number of carboxylic acids is 1. The van der Waals surface area contributed by atoms with E-state index in [4.69, 9.17) is 9.84 Å². The maximum absolute atomic E-state index is 12.2. The highest BCUT2D eigenvalue weighted by molar-refractivity contribution is 5.81. The van der Waals surface area contributed by atoms with E-state index in [9.17, 15) is 9.59 Å². The molecule has 0 radical (unpaired) electrons. The SMILES string of the molecule is CC(Oc1ccc(CC(=O)O)cc1)C(=O)N1CCCCC1. The Morgan fingerprint density at radius 1 is 1.19 bits per heavy atom. The Hall–Kier alpha value is -2.04. The van der Waals surface area contributed by atoms with Crippen LogP contribution in [0.3, 0.4) is 0 Å². The van der Waals surface area contributed by atoms with E-state index in [2.05, 4.69) is 0 Å². The van der Waals surface area contributed by atoms with E-state index in [-0.39, 0.29) is 12.3 Å². The molecule has 1 unspecified atom stereocenters. The standard InChI is InChI=1S/C16H21NO4/c1-12(16(20)17-9-3-2-4-10-17)21-14-7-5-13(6-8-14)11-15(18)19/h5-8,12H,2-4,9-11H2,1H3,(H,18,19). The lowest BCUT2D eigenvalue weighted by molar-refractivity contribution is -0.139. The van der Waals surface area contributed by atoms with Crippen LogP contribution in [-0.2, 0) is 16.0 Å². The minimum atomic E-state index is -0.864. The molecule has 0 bridgehead atoms. The normalized spacial score (nSPS) is 16.3. The fourth-order valence-corrected chi connectivity index (χ4v) is 2.49. The zero-order valence-corrected chi connectivity index (χ0v) is 12.2. The number of ether oxygens (including phenoxy) is 1. The first-order chi connectivity index (χ1) is 10.1. The van der Waals surface area contributed by atoms with Gasteiger partial charge >= 0.3 is 5.97 Å². The largest absolute Gasteiger partial charge is 0.481 e. The molecular weight excluding hydrogens is 270 g/mol. The van der Waals surface area contributed by atoms with Gasteiger partial charge in [0.05, 0.1) is 6.42 Å². The number of nitrogens with zero attached hydrogens (tertiary/aromatic N) is 1. The molecule has 0 aliphatic carbocycles. The maximum atomic E-state index is 12.2. The number of hydrogen-bond donors (Lipinski definition) is 1. The van der Waals surface area contributed by atoms with Crippen molar-refractivity contribution >= 4 is 11.9 Å². The molecule has 0 saturated carbocycles. The number of benzene rings is 1. The zero-order chi connectivity index (χ0) is 15.2. The van der Waals surface area contributed by atoms with E-state index in [1.165, 1.54) is 6.42 Å². The molecule has 21 heavy (non-hydrogen) atoms. The first-order valence-corrected chi connectivity index (χ1v) is 7.32. The molecule has 1 saturated heterocycles. The van der Waals surface area contributed by atoms with E-state index in [0.29, 0.717) is 11.3 Å². The molecule has 1 aromatic rings. The number of likely N-dealkylation sites (tertiary alicyclic amines) is 1. The van der Waals surface area contributed by atoms with Crippen molar-refractivity contribution in [2.75, 3.05) is 13.1 Å². The predicted octanol–water partition coefficient (Wildman–Crippen LogP) is 2.09. The smallest absolute Gasteiger partial charge is 0.307 e. The molecule has 1 aromatic carbocycles. The van der Waals surface area contributed by atoms with Gasteiger partial charge in [0.25, 0.3) is 5.91 Å². The molecule has 0 spiro atoms. The highest BCUT2D eigenvalue weighted by Gasteiger charge is 2.23. The van der Waals surface area contributed by atoms with Crippen LogP contribution >= 0.6 is 0 Å². The molecule has 5 heteroatoms. The van der Waals surface area contributed by atoms with E-state index >= 15 is 0 Å². The Morgan fingerprint density at radius 3 is 2.38 bits per heavy atom. The van der Waals surface area contributed by atoms with Crippen molar-refractivity contribution in [1.29, 1.82) is 0 Å². The number of aliphatic carboxylic acids is 1. The summed E-state index contributed by atoms with van der Waals surface area (Å²) in [5, 5.41) is 8.72. The summed E-state index contributed by atoms with van der Waals surface area (Å²) in [5.74, 6) is -0.261. The van der Waals surface area contributed by atoms with E-state index in [1.54, 1.807) is 31.2 Å². The van der Waals surface area contributed by atoms with E-state index in [1.807, 2.05) is 4.90 Å². The molecule has 1 aliphatic rings. The molecule has 1 atom stereocenters. The number of amides is 1. The van der Waals surface area contributed by atoms with E-state index < -0.39 is 12.1 Å². The number of carbonyl (C=O) groups is 2. The maximum Gasteiger partial charge on any atom is 0.307 e. The second kappa shape index (κ2) is 7.11. The van der Waals surface area contributed by atoms with E-state index in [0.717, 1.165) is 25.9 Å². The number of rotatable bonds is 5. The van der Waals surface area contributed by atoms with Crippen LogP contribution in [0.4, 0.5) is 0 Å². The zero-order valence-electron chi connectivity index (χ0n) is 12.2. The minimum absolute atomic E-state index is 0.0114. The second-order valence-corrected chi connectivity index (χ2v) is 5.36. The summed E-state index contributed by atoms with van der Waals surface area (Å²) in [4.78, 5) is 24.7. The first-order valence-electron chi connectivity index (χ1n) is 7.32. The van der Waals surface area contributed by atoms with Gasteiger partial charge in [-0.15, -0.1) is 0 Å². The van der Waals surface area contributed by atoms with Crippen molar-refractivity contribution in [3.05, 3.63) is 29.8 Å². The summed E-state index contributed by atoms with van der Waals surface area (Å²) in [6.45, 7) is 3.37. The minimum Gasteiger partial charge on any atom is -0.481 e. The molecule has 0 aromatic heterocycles. The highest BCUT2D eigenvalue weighted by atomic mass is 16.5. The molecule has 1 heterocycles. The number of carboxylic acid groups (broad SMARTS) is 1. The Bertz CT molecular complexity index is 492. The summed E-state index contributed by atoms with van der Waals surface area (Å²) in [5.41, 5.74) is 0.713. The van der Waals surface area contributed by atoms with Crippen LogP contribution in [0.1, 0.15) is 31.7 Å². The number of hydrogen-bond acceptors (Lipinski definition) is 3. The molecule has 1 aliphatic heterocycles.